The van der Waals surface area contributed by atoms with Crippen molar-refractivity contribution in [2.45, 2.75) is 46.3 Å². The van der Waals surface area contributed by atoms with Gasteiger partial charge in [-0.3, -0.25) is 0 Å². The Morgan fingerprint density at radius 1 is 1.19 bits per heavy atom. The summed E-state index contributed by atoms with van der Waals surface area (Å²) in [5.41, 5.74) is 3.95. The van der Waals surface area contributed by atoms with E-state index in [0.29, 0.717) is 6.04 Å². The van der Waals surface area contributed by atoms with Gasteiger partial charge in [0.1, 0.15) is 11.9 Å². The number of hydrogen-bond donors (Lipinski definition) is 1. The molecule has 2 aromatic rings. The van der Waals surface area contributed by atoms with Gasteiger partial charge in [-0.1, -0.05) is 24.6 Å². The lowest BCUT2D eigenvalue weighted by Crippen LogP contribution is -2.29. The third kappa shape index (κ3) is 2.85. The van der Waals surface area contributed by atoms with E-state index in [2.05, 4.69) is 57.3 Å². The van der Waals surface area contributed by atoms with E-state index < -0.39 is 0 Å². The van der Waals surface area contributed by atoms with Crippen LogP contribution in [0.5, 0.6) is 5.75 Å². The Morgan fingerprint density at radius 3 is 2.67 bits per heavy atom. The molecule has 0 radical (unpaired) electrons. The van der Waals surface area contributed by atoms with Crippen LogP contribution in [0.15, 0.2) is 24.3 Å². The topological polar surface area (TPSA) is 21.3 Å². The van der Waals surface area contributed by atoms with Crippen LogP contribution in [0.3, 0.4) is 0 Å². The van der Waals surface area contributed by atoms with Crippen LogP contribution in [0.4, 0.5) is 0 Å². The van der Waals surface area contributed by atoms with Crippen LogP contribution in [0.1, 0.15) is 51.9 Å². The quantitative estimate of drug-likeness (QED) is 0.875. The molecule has 1 aliphatic heterocycles. The molecule has 0 amide bonds. The number of thiophene rings is 1. The Labute approximate surface area is 131 Å². The van der Waals surface area contributed by atoms with Crippen LogP contribution >= 0.6 is 11.3 Å². The molecule has 1 aromatic carbocycles. The molecule has 112 valence electrons. The van der Waals surface area contributed by atoms with Crippen molar-refractivity contribution in [3.8, 4) is 5.75 Å². The van der Waals surface area contributed by atoms with E-state index in [4.69, 9.17) is 4.74 Å². The predicted octanol–water partition coefficient (Wildman–Crippen LogP) is 4.85. The van der Waals surface area contributed by atoms with Gasteiger partial charge in [0.25, 0.3) is 0 Å². The van der Waals surface area contributed by atoms with E-state index in [1.807, 2.05) is 11.3 Å². The number of rotatable bonds is 3. The van der Waals surface area contributed by atoms with Crippen molar-refractivity contribution in [2.24, 2.45) is 0 Å². The zero-order chi connectivity index (χ0) is 15.0. The minimum atomic E-state index is 0.161. The van der Waals surface area contributed by atoms with Crippen LogP contribution < -0.4 is 10.1 Å². The third-order valence-corrected chi connectivity index (χ3v) is 5.12. The molecule has 0 aliphatic carbocycles. The molecule has 1 N–H and O–H groups in total. The van der Waals surface area contributed by atoms with Gasteiger partial charge in [0.2, 0.25) is 0 Å². The van der Waals surface area contributed by atoms with Crippen LogP contribution in [0.25, 0.3) is 0 Å². The molecule has 2 unspecified atom stereocenters. The molecule has 0 saturated carbocycles. The lowest BCUT2D eigenvalue weighted by molar-refractivity contribution is 0.152. The predicted molar refractivity (Wildman–Crippen MR) is 89.4 cm³/mol. The number of benzene rings is 1. The Hall–Kier alpha value is -1.32. The SMILES string of the molecule is CCNC1CC(c2cc(C)sc2C)Oc2ccc(C)cc21. The Balaban J connectivity index is 1.97. The van der Waals surface area contributed by atoms with Gasteiger partial charge < -0.3 is 10.1 Å². The minimum absolute atomic E-state index is 0.161. The normalized spacial score (nSPS) is 21.0. The molecule has 21 heavy (non-hydrogen) atoms. The molecule has 1 aliphatic rings. The van der Waals surface area contributed by atoms with Crippen molar-refractivity contribution in [2.75, 3.05) is 6.54 Å². The van der Waals surface area contributed by atoms with E-state index >= 15 is 0 Å². The van der Waals surface area contributed by atoms with Gasteiger partial charge in [-0.05, 0) is 39.4 Å². The first kappa shape index (κ1) is 14.6. The maximum absolute atomic E-state index is 6.31. The number of hydrogen-bond acceptors (Lipinski definition) is 3. The Morgan fingerprint density at radius 2 is 2.00 bits per heavy atom. The highest BCUT2D eigenvalue weighted by molar-refractivity contribution is 7.12. The second kappa shape index (κ2) is 5.82. The van der Waals surface area contributed by atoms with Crippen LogP contribution in [0.2, 0.25) is 0 Å². The molecule has 0 saturated heterocycles. The summed E-state index contributed by atoms with van der Waals surface area (Å²) in [4.78, 5) is 2.74. The van der Waals surface area contributed by atoms with Crippen molar-refractivity contribution in [1.29, 1.82) is 0 Å². The number of fused-ring (bicyclic) bond motifs is 1. The first-order valence-corrected chi connectivity index (χ1v) is 8.47. The van der Waals surface area contributed by atoms with Crippen LogP contribution in [0, 0.1) is 20.8 Å². The summed E-state index contributed by atoms with van der Waals surface area (Å²) in [6.45, 7) is 9.65. The Bertz CT molecular complexity index is 647. The average Bonchev–Trinajstić information content (AvgIpc) is 2.78. The standard InChI is InChI=1S/C18H23NOS/c1-5-19-16-10-18(14-9-12(3)21-13(14)4)20-17-7-6-11(2)8-15(16)17/h6-9,16,18-19H,5,10H2,1-4H3. The summed E-state index contributed by atoms with van der Waals surface area (Å²) < 4.78 is 6.31. The summed E-state index contributed by atoms with van der Waals surface area (Å²) >= 11 is 1.86. The van der Waals surface area contributed by atoms with E-state index in [9.17, 15) is 0 Å². The molecule has 1 aromatic heterocycles. The number of aryl methyl sites for hydroxylation is 3. The number of ether oxygens (including phenoxy) is 1. The largest absolute Gasteiger partial charge is 0.485 e. The van der Waals surface area contributed by atoms with Gasteiger partial charge in [-0.25, -0.2) is 0 Å². The summed E-state index contributed by atoms with van der Waals surface area (Å²) in [5.74, 6) is 1.03. The van der Waals surface area contributed by atoms with E-state index in [1.165, 1.54) is 26.4 Å². The molecule has 2 heterocycles. The molecule has 2 atom stereocenters. The maximum Gasteiger partial charge on any atom is 0.127 e. The van der Waals surface area contributed by atoms with Crippen LogP contribution in [-0.4, -0.2) is 6.54 Å². The highest BCUT2D eigenvalue weighted by atomic mass is 32.1. The second-order valence-corrected chi connectivity index (χ2v) is 7.32. The molecule has 0 bridgehead atoms. The monoisotopic (exact) mass is 301 g/mol. The van der Waals surface area contributed by atoms with Gasteiger partial charge in [0.15, 0.2) is 0 Å². The smallest absolute Gasteiger partial charge is 0.127 e. The first-order valence-electron chi connectivity index (χ1n) is 7.66. The lowest BCUT2D eigenvalue weighted by Gasteiger charge is -2.33. The van der Waals surface area contributed by atoms with Crippen molar-refractivity contribution in [3.63, 3.8) is 0 Å². The minimum Gasteiger partial charge on any atom is -0.485 e. The highest BCUT2D eigenvalue weighted by Crippen LogP contribution is 2.43. The van der Waals surface area contributed by atoms with Gasteiger partial charge in [0, 0.05) is 33.3 Å². The molecule has 2 nitrogen and oxygen atoms in total. The molecule has 3 heteroatoms. The van der Waals surface area contributed by atoms with Crippen molar-refractivity contribution in [1.82, 2.24) is 5.32 Å². The average molecular weight is 301 g/mol. The summed E-state index contributed by atoms with van der Waals surface area (Å²) in [6.07, 6.45) is 1.16. The van der Waals surface area contributed by atoms with E-state index in [0.717, 1.165) is 18.7 Å². The summed E-state index contributed by atoms with van der Waals surface area (Å²) in [7, 11) is 0. The van der Waals surface area contributed by atoms with E-state index in [1.54, 1.807) is 0 Å². The fraction of sp³-hybridized carbons (Fsp3) is 0.444. The van der Waals surface area contributed by atoms with Crippen molar-refractivity contribution < 1.29 is 4.74 Å². The molecule has 0 spiro atoms. The zero-order valence-corrected chi connectivity index (χ0v) is 14.0. The second-order valence-electron chi connectivity index (χ2n) is 5.86. The van der Waals surface area contributed by atoms with Gasteiger partial charge in [-0.2, -0.15) is 0 Å². The summed E-state index contributed by atoms with van der Waals surface area (Å²) in [6, 6.07) is 9.17. The molecular formula is C18H23NOS. The number of nitrogens with one attached hydrogen (secondary N) is 1. The highest BCUT2D eigenvalue weighted by Gasteiger charge is 2.30. The van der Waals surface area contributed by atoms with E-state index in [-0.39, 0.29) is 6.10 Å². The Kier molecular flexibility index (Phi) is 4.05. The maximum atomic E-state index is 6.31. The molecule has 3 rings (SSSR count). The first-order chi connectivity index (χ1) is 10.1. The zero-order valence-electron chi connectivity index (χ0n) is 13.2. The van der Waals surface area contributed by atoms with Crippen molar-refractivity contribution in [3.05, 3.63) is 50.7 Å². The lowest BCUT2D eigenvalue weighted by atomic mass is 9.92. The molecular weight excluding hydrogens is 278 g/mol. The van der Waals surface area contributed by atoms with Gasteiger partial charge >= 0.3 is 0 Å². The van der Waals surface area contributed by atoms with Gasteiger partial charge in [-0.15, -0.1) is 11.3 Å². The molecule has 0 fully saturated rings. The summed E-state index contributed by atoms with van der Waals surface area (Å²) in [5, 5.41) is 3.62. The van der Waals surface area contributed by atoms with Crippen LogP contribution in [-0.2, 0) is 0 Å². The fourth-order valence-electron chi connectivity index (χ4n) is 3.19. The van der Waals surface area contributed by atoms with Gasteiger partial charge in [0.05, 0.1) is 0 Å². The third-order valence-electron chi connectivity index (χ3n) is 4.14. The fourth-order valence-corrected chi connectivity index (χ4v) is 4.17. The van der Waals surface area contributed by atoms with Crippen molar-refractivity contribution >= 4 is 11.3 Å².